The summed E-state index contributed by atoms with van der Waals surface area (Å²) < 4.78 is 10.5. The van der Waals surface area contributed by atoms with E-state index in [4.69, 9.17) is 9.47 Å². The van der Waals surface area contributed by atoms with E-state index >= 15 is 0 Å². The molecule has 2 aromatic carbocycles. The van der Waals surface area contributed by atoms with E-state index in [9.17, 15) is 10.1 Å². The number of ether oxygens (including phenoxy) is 2. The van der Waals surface area contributed by atoms with Crippen LogP contribution in [0.2, 0.25) is 0 Å². The molecular formula is C17H15N3O4S. The zero-order valence-corrected chi connectivity index (χ0v) is 14.4. The molecule has 0 aliphatic rings. The Balaban J connectivity index is 1.79. The molecular weight excluding hydrogens is 342 g/mol. The number of methoxy groups -OCH3 is 2. The van der Waals surface area contributed by atoms with E-state index in [-0.39, 0.29) is 5.69 Å². The fraction of sp³-hybridized carbons (Fsp3) is 0.118. The number of nitrogens with zero attached hydrogens (tertiary/aromatic N) is 2. The lowest BCUT2D eigenvalue weighted by molar-refractivity contribution is -0.384. The Hall–Kier alpha value is -3.13. The van der Waals surface area contributed by atoms with Crippen LogP contribution in [-0.4, -0.2) is 24.1 Å². The van der Waals surface area contributed by atoms with Crippen LogP contribution in [0.5, 0.6) is 11.5 Å². The van der Waals surface area contributed by atoms with Crippen molar-refractivity contribution in [1.82, 2.24) is 4.98 Å². The third kappa shape index (κ3) is 3.69. The first kappa shape index (κ1) is 16.7. The molecule has 7 nitrogen and oxygen atoms in total. The minimum atomic E-state index is -0.428. The molecule has 128 valence electrons. The van der Waals surface area contributed by atoms with Gasteiger partial charge in [-0.1, -0.05) is 0 Å². The number of anilines is 2. The van der Waals surface area contributed by atoms with Crippen molar-refractivity contribution >= 4 is 27.8 Å². The second kappa shape index (κ2) is 7.18. The van der Waals surface area contributed by atoms with Gasteiger partial charge in [-0.05, 0) is 30.3 Å². The van der Waals surface area contributed by atoms with Crippen molar-refractivity contribution in [2.45, 2.75) is 0 Å². The van der Waals surface area contributed by atoms with Crippen molar-refractivity contribution in [3.8, 4) is 22.8 Å². The Labute approximate surface area is 148 Å². The standard InChI is InChI=1S/C17H15N3O4S/c1-23-15-8-3-11(9-16(15)24-2)14-10-25-17(19-14)18-12-4-6-13(7-5-12)20(21)22/h3-10H,1-2H3,(H,18,19). The summed E-state index contributed by atoms with van der Waals surface area (Å²) in [6, 6.07) is 11.8. The summed E-state index contributed by atoms with van der Waals surface area (Å²) in [7, 11) is 3.18. The largest absolute Gasteiger partial charge is 0.493 e. The monoisotopic (exact) mass is 357 g/mol. The molecule has 1 aromatic heterocycles. The summed E-state index contributed by atoms with van der Waals surface area (Å²) in [6.07, 6.45) is 0. The average molecular weight is 357 g/mol. The molecule has 0 aliphatic heterocycles. The smallest absolute Gasteiger partial charge is 0.269 e. The first-order valence-electron chi connectivity index (χ1n) is 7.30. The van der Waals surface area contributed by atoms with Crippen molar-refractivity contribution in [2.24, 2.45) is 0 Å². The van der Waals surface area contributed by atoms with E-state index in [1.54, 1.807) is 26.4 Å². The van der Waals surface area contributed by atoms with Crippen LogP contribution in [0.3, 0.4) is 0 Å². The molecule has 0 radical (unpaired) electrons. The average Bonchev–Trinajstić information content (AvgIpc) is 3.10. The molecule has 0 spiro atoms. The van der Waals surface area contributed by atoms with Crippen molar-refractivity contribution in [2.75, 3.05) is 19.5 Å². The Morgan fingerprint density at radius 3 is 2.44 bits per heavy atom. The molecule has 0 atom stereocenters. The molecule has 25 heavy (non-hydrogen) atoms. The molecule has 0 fully saturated rings. The Bertz CT molecular complexity index is 893. The number of hydrogen-bond acceptors (Lipinski definition) is 7. The van der Waals surface area contributed by atoms with Gasteiger partial charge in [0.1, 0.15) is 0 Å². The maximum absolute atomic E-state index is 10.7. The number of nitro benzene ring substituents is 1. The number of aromatic nitrogens is 1. The minimum absolute atomic E-state index is 0.0516. The maximum Gasteiger partial charge on any atom is 0.269 e. The summed E-state index contributed by atoms with van der Waals surface area (Å²) in [6.45, 7) is 0. The van der Waals surface area contributed by atoms with Gasteiger partial charge in [-0.3, -0.25) is 10.1 Å². The Morgan fingerprint density at radius 2 is 1.80 bits per heavy atom. The molecule has 0 aliphatic carbocycles. The van der Waals surface area contributed by atoms with E-state index in [0.717, 1.165) is 16.9 Å². The van der Waals surface area contributed by atoms with Gasteiger partial charge in [0.05, 0.1) is 24.8 Å². The predicted octanol–water partition coefficient (Wildman–Crippen LogP) is 4.48. The molecule has 0 saturated carbocycles. The van der Waals surface area contributed by atoms with Crippen molar-refractivity contribution in [3.05, 3.63) is 58.0 Å². The first-order valence-corrected chi connectivity index (χ1v) is 8.18. The highest BCUT2D eigenvalue weighted by Gasteiger charge is 2.10. The van der Waals surface area contributed by atoms with Crippen molar-refractivity contribution in [3.63, 3.8) is 0 Å². The second-order valence-corrected chi connectivity index (χ2v) is 5.89. The third-order valence-electron chi connectivity index (χ3n) is 3.51. The number of nitro groups is 1. The number of nitrogens with one attached hydrogen (secondary N) is 1. The van der Waals surface area contributed by atoms with E-state index < -0.39 is 4.92 Å². The van der Waals surface area contributed by atoms with E-state index in [2.05, 4.69) is 10.3 Å². The topological polar surface area (TPSA) is 86.5 Å². The van der Waals surface area contributed by atoms with Crippen LogP contribution >= 0.6 is 11.3 Å². The molecule has 3 rings (SSSR count). The van der Waals surface area contributed by atoms with Crippen LogP contribution in [0.1, 0.15) is 0 Å². The van der Waals surface area contributed by atoms with Gasteiger partial charge in [0.15, 0.2) is 16.6 Å². The fourth-order valence-electron chi connectivity index (χ4n) is 2.25. The normalized spacial score (nSPS) is 10.3. The molecule has 1 N–H and O–H groups in total. The van der Waals surface area contributed by atoms with E-state index in [1.165, 1.54) is 23.5 Å². The zero-order valence-electron chi connectivity index (χ0n) is 13.6. The van der Waals surface area contributed by atoms with E-state index in [1.807, 2.05) is 23.6 Å². The first-order chi connectivity index (χ1) is 12.1. The highest BCUT2D eigenvalue weighted by molar-refractivity contribution is 7.14. The number of rotatable bonds is 6. The van der Waals surface area contributed by atoms with Gasteiger partial charge in [0.2, 0.25) is 0 Å². The molecule has 0 amide bonds. The lowest BCUT2D eigenvalue weighted by Crippen LogP contribution is -1.92. The number of benzene rings is 2. The van der Waals surface area contributed by atoms with Crippen LogP contribution in [0, 0.1) is 10.1 Å². The van der Waals surface area contributed by atoms with Gasteiger partial charge in [-0.25, -0.2) is 4.98 Å². The van der Waals surface area contributed by atoms with E-state index in [0.29, 0.717) is 16.6 Å². The fourth-order valence-corrected chi connectivity index (χ4v) is 2.99. The highest BCUT2D eigenvalue weighted by Crippen LogP contribution is 2.34. The third-order valence-corrected chi connectivity index (χ3v) is 4.27. The van der Waals surface area contributed by atoms with Gasteiger partial charge < -0.3 is 14.8 Å². The van der Waals surface area contributed by atoms with Gasteiger partial charge >= 0.3 is 0 Å². The number of non-ortho nitro benzene ring substituents is 1. The quantitative estimate of drug-likeness (QED) is 0.517. The molecule has 0 saturated heterocycles. The molecule has 1 heterocycles. The van der Waals surface area contributed by atoms with Crippen LogP contribution < -0.4 is 14.8 Å². The summed E-state index contributed by atoms with van der Waals surface area (Å²) in [4.78, 5) is 14.8. The SMILES string of the molecule is COc1ccc(-c2csc(Nc3ccc([N+](=O)[O-])cc3)n2)cc1OC. The van der Waals surface area contributed by atoms with Crippen LogP contribution in [0.15, 0.2) is 47.8 Å². The van der Waals surface area contributed by atoms with Crippen LogP contribution in [0.25, 0.3) is 11.3 Å². The summed E-state index contributed by atoms with van der Waals surface area (Å²) >= 11 is 1.44. The Morgan fingerprint density at radius 1 is 1.08 bits per heavy atom. The zero-order chi connectivity index (χ0) is 17.8. The molecule has 0 bridgehead atoms. The maximum atomic E-state index is 10.7. The van der Waals surface area contributed by atoms with Crippen LogP contribution in [0.4, 0.5) is 16.5 Å². The highest BCUT2D eigenvalue weighted by atomic mass is 32.1. The molecule has 3 aromatic rings. The number of hydrogen-bond donors (Lipinski definition) is 1. The van der Waals surface area contributed by atoms with Gasteiger partial charge in [-0.2, -0.15) is 0 Å². The molecule has 0 unspecified atom stereocenters. The summed E-state index contributed by atoms with van der Waals surface area (Å²) in [5, 5.41) is 16.4. The minimum Gasteiger partial charge on any atom is -0.493 e. The summed E-state index contributed by atoms with van der Waals surface area (Å²) in [5.41, 5.74) is 2.50. The van der Waals surface area contributed by atoms with Crippen LogP contribution in [-0.2, 0) is 0 Å². The van der Waals surface area contributed by atoms with Gasteiger partial charge in [0.25, 0.3) is 5.69 Å². The second-order valence-electron chi connectivity index (χ2n) is 5.04. The Kier molecular flexibility index (Phi) is 4.80. The predicted molar refractivity (Wildman–Crippen MR) is 97.0 cm³/mol. The number of thiazole rings is 1. The van der Waals surface area contributed by atoms with Crippen molar-refractivity contribution in [1.29, 1.82) is 0 Å². The van der Waals surface area contributed by atoms with Gasteiger partial charge in [-0.15, -0.1) is 11.3 Å². The lowest BCUT2D eigenvalue weighted by Gasteiger charge is -2.08. The summed E-state index contributed by atoms with van der Waals surface area (Å²) in [5.74, 6) is 1.29. The molecule has 8 heteroatoms. The van der Waals surface area contributed by atoms with Gasteiger partial charge in [0, 0.05) is 28.8 Å². The van der Waals surface area contributed by atoms with Crippen molar-refractivity contribution < 1.29 is 14.4 Å². The lowest BCUT2D eigenvalue weighted by atomic mass is 10.1.